The Balaban J connectivity index is 2.70. The average molecular weight is 176 g/mol. The van der Waals surface area contributed by atoms with Crippen LogP contribution in [0.2, 0.25) is 0 Å². The Labute approximate surface area is 75.4 Å². The molecule has 1 aromatic rings. The molecule has 0 saturated heterocycles. The molecule has 0 aromatic heterocycles. The summed E-state index contributed by atoms with van der Waals surface area (Å²) in [6.07, 6.45) is -0.214. The van der Waals surface area contributed by atoms with E-state index in [1.807, 2.05) is 0 Å². The van der Waals surface area contributed by atoms with Gasteiger partial charge in [0.05, 0.1) is 11.8 Å². The number of carbonyl (C=O) groups is 1. The number of phenols is 1. The molecule has 1 rings (SSSR count). The molecule has 0 unspecified atom stereocenters. The predicted molar refractivity (Wildman–Crippen MR) is 47.0 cm³/mol. The molecule has 4 nitrogen and oxygen atoms in total. The molecule has 0 aliphatic carbocycles. The molecule has 66 valence electrons. The van der Waals surface area contributed by atoms with Crippen molar-refractivity contribution in [2.24, 2.45) is 0 Å². The van der Waals surface area contributed by atoms with Gasteiger partial charge in [-0.2, -0.15) is 5.26 Å². The zero-order chi connectivity index (χ0) is 9.68. The summed E-state index contributed by atoms with van der Waals surface area (Å²) in [7, 11) is 0. The summed E-state index contributed by atoms with van der Waals surface area (Å²) in [5, 5.41) is 19.8. The van der Waals surface area contributed by atoms with Crippen molar-refractivity contribution >= 4 is 11.6 Å². The van der Waals surface area contributed by atoms with E-state index in [9.17, 15) is 9.90 Å². The van der Waals surface area contributed by atoms with Crippen molar-refractivity contribution in [1.82, 2.24) is 0 Å². The number of amides is 1. The van der Waals surface area contributed by atoms with Crippen molar-refractivity contribution in [2.75, 3.05) is 5.32 Å². The number of benzene rings is 1. The number of nitrogens with zero attached hydrogens (tertiary/aromatic N) is 1. The van der Waals surface area contributed by atoms with E-state index in [-0.39, 0.29) is 12.2 Å². The van der Waals surface area contributed by atoms with Crippen LogP contribution in [0.5, 0.6) is 5.75 Å². The Kier molecular flexibility index (Phi) is 2.87. The van der Waals surface area contributed by atoms with E-state index in [1.54, 1.807) is 24.3 Å². The van der Waals surface area contributed by atoms with Crippen LogP contribution < -0.4 is 5.32 Å². The number of carbonyl (C=O) groups excluding carboxylic acids is 1. The highest BCUT2D eigenvalue weighted by atomic mass is 16.3. The van der Waals surface area contributed by atoms with Gasteiger partial charge in [-0.15, -0.1) is 0 Å². The minimum absolute atomic E-state index is 0.00575. The number of phenolic OH excluding ortho intramolecular Hbond substituents is 1. The molecule has 0 aliphatic rings. The quantitative estimate of drug-likeness (QED) is 0.666. The topological polar surface area (TPSA) is 73.1 Å². The molecule has 0 heterocycles. The number of rotatable bonds is 2. The summed E-state index contributed by atoms with van der Waals surface area (Å²) in [6, 6.07) is 8.06. The van der Waals surface area contributed by atoms with E-state index in [4.69, 9.17) is 5.26 Å². The minimum atomic E-state index is -0.427. The zero-order valence-corrected chi connectivity index (χ0v) is 6.82. The van der Waals surface area contributed by atoms with Gasteiger partial charge < -0.3 is 10.4 Å². The Hall–Kier alpha value is -2.02. The maximum atomic E-state index is 10.9. The van der Waals surface area contributed by atoms with Gasteiger partial charge in [0.2, 0.25) is 5.91 Å². The molecular weight excluding hydrogens is 168 g/mol. The Morgan fingerprint density at radius 3 is 2.85 bits per heavy atom. The molecule has 4 heteroatoms. The van der Waals surface area contributed by atoms with Crippen LogP contribution in [0.15, 0.2) is 24.3 Å². The number of nitrogens with one attached hydrogen (secondary N) is 1. The Bertz CT molecular complexity index is 355. The fourth-order valence-corrected chi connectivity index (χ4v) is 0.846. The smallest absolute Gasteiger partial charge is 0.238 e. The van der Waals surface area contributed by atoms with Gasteiger partial charge in [0.1, 0.15) is 12.2 Å². The lowest BCUT2D eigenvalue weighted by molar-refractivity contribution is -0.115. The first-order chi connectivity index (χ1) is 6.24. The maximum absolute atomic E-state index is 10.9. The number of hydrogen-bond donors (Lipinski definition) is 2. The van der Waals surface area contributed by atoms with E-state index in [0.29, 0.717) is 5.69 Å². The van der Waals surface area contributed by atoms with Gasteiger partial charge in [-0.25, -0.2) is 0 Å². The van der Waals surface area contributed by atoms with Gasteiger partial charge in [0.15, 0.2) is 0 Å². The monoisotopic (exact) mass is 176 g/mol. The molecule has 2 N–H and O–H groups in total. The van der Waals surface area contributed by atoms with E-state index < -0.39 is 5.91 Å². The Morgan fingerprint density at radius 1 is 1.54 bits per heavy atom. The van der Waals surface area contributed by atoms with Crippen LogP contribution in [0.1, 0.15) is 6.42 Å². The third-order valence-electron chi connectivity index (χ3n) is 1.42. The average Bonchev–Trinajstić information content (AvgIpc) is 2.09. The maximum Gasteiger partial charge on any atom is 0.238 e. The van der Waals surface area contributed by atoms with Gasteiger partial charge in [0, 0.05) is 0 Å². The summed E-state index contributed by atoms with van der Waals surface area (Å²) in [4.78, 5) is 10.9. The van der Waals surface area contributed by atoms with Crippen LogP contribution in [0, 0.1) is 11.3 Å². The van der Waals surface area contributed by atoms with Crippen LogP contribution in [0.25, 0.3) is 0 Å². The van der Waals surface area contributed by atoms with Crippen molar-refractivity contribution in [2.45, 2.75) is 6.42 Å². The third kappa shape index (κ3) is 2.49. The number of hydrogen-bond acceptors (Lipinski definition) is 3. The lowest BCUT2D eigenvalue weighted by Crippen LogP contribution is -2.09. The van der Waals surface area contributed by atoms with E-state index in [0.717, 1.165) is 0 Å². The molecule has 0 spiro atoms. The van der Waals surface area contributed by atoms with Crippen LogP contribution >= 0.6 is 0 Å². The molecule has 0 saturated carbocycles. The van der Waals surface area contributed by atoms with Crippen molar-refractivity contribution < 1.29 is 9.90 Å². The molecule has 0 aliphatic heterocycles. The minimum Gasteiger partial charge on any atom is -0.506 e. The van der Waals surface area contributed by atoms with Crippen LogP contribution in [-0.4, -0.2) is 11.0 Å². The highest BCUT2D eigenvalue weighted by Gasteiger charge is 2.03. The van der Waals surface area contributed by atoms with Crippen molar-refractivity contribution in [3.05, 3.63) is 24.3 Å². The highest BCUT2D eigenvalue weighted by Crippen LogP contribution is 2.21. The molecule has 0 atom stereocenters. The summed E-state index contributed by atoms with van der Waals surface area (Å²) < 4.78 is 0. The molecule has 13 heavy (non-hydrogen) atoms. The lowest BCUT2D eigenvalue weighted by Gasteiger charge is -2.03. The highest BCUT2D eigenvalue weighted by molar-refractivity contribution is 5.93. The first-order valence-electron chi connectivity index (χ1n) is 3.69. The van der Waals surface area contributed by atoms with E-state index in [1.165, 1.54) is 6.07 Å². The van der Waals surface area contributed by atoms with Crippen molar-refractivity contribution in [3.63, 3.8) is 0 Å². The predicted octanol–water partition coefficient (Wildman–Crippen LogP) is 1.24. The van der Waals surface area contributed by atoms with Crippen molar-refractivity contribution in [1.29, 1.82) is 5.26 Å². The molecule has 1 aromatic carbocycles. The summed E-state index contributed by atoms with van der Waals surface area (Å²) in [5.41, 5.74) is 0.322. The normalized spacial score (nSPS) is 8.85. The molecule has 1 amide bonds. The molecule has 0 radical (unpaired) electrons. The SMILES string of the molecule is N#CCC(=O)Nc1ccccc1O. The molecular formula is C9H8N2O2. The fraction of sp³-hybridized carbons (Fsp3) is 0.111. The standard InChI is InChI=1S/C9H8N2O2/c10-6-5-9(13)11-7-3-1-2-4-8(7)12/h1-4,12H,5H2,(H,11,13). The van der Waals surface area contributed by atoms with E-state index >= 15 is 0 Å². The van der Waals surface area contributed by atoms with Gasteiger partial charge in [-0.3, -0.25) is 4.79 Å². The summed E-state index contributed by atoms with van der Waals surface area (Å²) in [6.45, 7) is 0. The fourth-order valence-electron chi connectivity index (χ4n) is 0.846. The molecule has 0 fully saturated rings. The number of nitriles is 1. The van der Waals surface area contributed by atoms with Gasteiger partial charge in [0.25, 0.3) is 0 Å². The van der Waals surface area contributed by atoms with E-state index in [2.05, 4.69) is 5.32 Å². The third-order valence-corrected chi connectivity index (χ3v) is 1.42. The largest absolute Gasteiger partial charge is 0.506 e. The second-order valence-electron chi connectivity index (χ2n) is 2.40. The number of para-hydroxylation sites is 2. The second-order valence-corrected chi connectivity index (χ2v) is 2.40. The zero-order valence-electron chi connectivity index (χ0n) is 6.82. The van der Waals surface area contributed by atoms with Crippen molar-refractivity contribution in [3.8, 4) is 11.8 Å². The van der Waals surface area contributed by atoms with Crippen LogP contribution in [0.4, 0.5) is 5.69 Å². The Morgan fingerprint density at radius 2 is 2.23 bits per heavy atom. The number of aromatic hydroxyl groups is 1. The van der Waals surface area contributed by atoms with Gasteiger partial charge in [-0.1, -0.05) is 12.1 Å². The number of anilines is 1. The van der Waals surface area contributed by atoms with Crippen LogP contribution in [-0.2, 0) is 4.79 Å². The first kappa shape index (κ1) is 9.07. The summed E-state index contributed by atoms with van der Waals surface area (Å²) >= 11 is 0. The van der Waals surface area contributed by atoms with Crippen LogP contribution in [0.3, 0.4) is 0 Å². The molecule has 0 bridgehead atoms. The first-order valence-corrected chi connectivity index (χ1v) is 3.69. The van der Waals surface area contributed by atoms with Gasteiger partial charge in [-0.05, 0) is 12.1 Å². The summed E-state index contributed by atoms with van der Waals surface area (Å²) in [5.74, 6) is -0.433. The van der Waals surface area contributed by atoms with Gasteiger partial charge >= 0.3 is 0 Å². The lowest BCUT2D eigenvalue weighted by atomic mass is 10.3. The second kappa shape index (κ2) is 4.12.